The number of pyridine rings is 1. The van der Waals surface area contributed by atoms with Gasteiger partial charge in [-0.05, 0) is 25.1 Å². The van der Waals surface area contributed by atoms with Crippen LogP contribution in [0, 0.1) is 0 Å². The molecule has 3 rings (SSSR count). The molecule has 0 unspecified atom stereocenters. The molecule has 1 aliphatic heterocycles. The van der Waals surface area contributed by atoms with Crippen LogP contribution in [0.1, 0.15) is 12.1 Å². The summed E-state index contributed by atoms with van der Waals surface area (Å²) in [5.74, 6) is 0.0401. The fourth-order valence-corrected chi connectivity index (χ4v) is 3.51. The molecular formula is C17H25Cl2N5OS. The van der Waals surface area contributed by atoms with Gasteiger partial charge in [-0.2, -0.15) is 0 Å². The molecule has 1 fully saturated rings. The lowest BCUT2D eigenvalue weighted by Gasteiger charge is -2.27. The number of hydrogen-bond acceptors (Lipinski definition) is 6. The molecule has 2 aromatic rings. The van der Waals surface area contributed by atoms with Crippen molar-refractivity contribution in [2.75, 3.05) is 39.3 Å². The second-order valence-electron chi connectivity index (χ2n) is 5.86. The summed E-state index contributed by atoms with van der Waals surface area (Å²) in [5.41, 5.74) is 1.81. The van der Waals surface area contributed by atoms with Crippen molar-refractivity contribution in [1.29, 1.82) is 0 Å². The molecule has 2 aromatic heterocycles. The van der Waals surface area contributed by atoms with Gasteiger partial charge in [-0.25, -0.2) is 4.98 Å². The van der Waals surface area contributed by atoms with Gasteiger partial charge in [0.05, 0.1) is 12.1 Å². The molecule has 0 bridgehead atoms. The van der Waals surface area contributed by atoms with E-state index in [1.165, 1.54) is 0 Å². The fourth-order valence-electron chi connectivity index (χ4n) is 2.70. The number of halogens is 2. The fraction of sp³-hybridized carbons (Fsp3) is 0.471. The maximum absolute atomic E-state index is 12.0. The van der Waals surface area contributed by atoms with E-state index in [-0.39, 0.29) is 30.7 Å². The number of thiazole rings is 1. The topological polar surface area (TPSA) is 70.2 Å². The van der Waals surface area contributed by atoms with E-state index in [0.717, 1.165) is 62.0 Å². The number of piperazine rings is 1. The zero-order chi connectivity index (χ0) is 16.6. The Bertz CT molecular complexity index is 650. The molecule has 2 N–H and O–H groups in total. The molecule has 3 heterocycles. The highest BCUT2D eigenvalue weighted by Crippen LogP contribution is 2.22. The third kappa shape index (κ3) is 7.17. The minimum absolute atomic E-state index is 0. The van der Waals surface area contributed by atoms with Gasteiger partial charge >= 0.3 is 0 Å². The van der Waals surface area contributed by atoms with Crippen LogP contribution in [0.5, 0.6) is 0 Å². The van der Waals surface area contributed by atoms with Gasteiger partial charge in [0, 0.05) is 56.1 Å². The first-order valence-corrected chi connectivity index (χ1v) is 9.24. The first-order valence-electron chi connectivity index (χ1n) is 8.36. The number of rotatable bonds is 7. The predicted octanol–water partition coefficient (Wildman–Crippen LogP) is 2.00. The molecule has 0 saturated carbocycles. The van der Waals surface area contributed by atoms with Crippen molar-refractivity contribution in [3.05, 3.63) is 35.6 Å². The molecule has 6 nitrogen and oxygen atoms in total. The van der Waals surface area contributed by atoms with E-state index in [2.05, 4.69) is 25.5 Å². The number of nitrogens with one attached hydrogen (secondary N) is 2. The average Bonchev–Trinajstić information content (AvgIpc) is 3.09. The zero-order valence-corrected chi connectivity index (χ0v) is 17.0. The van der Waals surface area contributed by atoms with Crippen molar-refractivity contribution in [3.8, 4) is 10.6 Å². The van der Waals surface area contributed by atoms with Gasteiger partial charge in [0.25, 0.3) is 0 Å². The van der Waals surface area contributed by atoms with E-state index in [0.29, 0.717) is 6.42 Å². The number of hydrogen-bond donors (Lipinski definition) is 2. The van der Waals surface area contributed by atoms with Gasteiger partial charge in [-0.3, -0.25) is 9.78 Å². The second kappa shape index (κ2) is 12.2. The molecular weight excluding hydrogens is 393 g/mol. The summed E-state index contributed by atoms with van der Waals surface area (Å²) in [6.45, 7) is 6.10. The van der Waals surface area contributed by atoms with Gasteiger partial charge < -0.3 is 15.5 Å². The Kier molecular flexibility index (Phi) is 10.7. The SMILES string of the molecule is Cl.Cl.O=C(Cc1csc(-c2cccnc2)n1)NCCCN1CCNCC1. The van der Waals surface area contributed by atoms with Crippen LogP contribution in [0.3, 0.4) is 0 Å². The number of amides is 1. The number of nitrogens with zero attached hydrogens (tertiary/aromatic N) is 3. The van der Waals surface area contributed by atoms with Crippen molar-refractivity contribution in [3.63, 3.8) is 0 Å². The first kappa shape index (κ1) is 22.8. The standard InChI is InChI=1S/C17H23N5OS.2ClH/c23-16(20-5-2-8-22-9-6-18-7-10-22)11-15-13-24-17(21-15)14-3-1-4-19-12-14;;/h1,3-4,12-13,18H,2,5-11H2,(H,20,23);2*1H. The van der Waals surface area contributed by atoms with Crippen molar-refractivity contribution >= 4 is 42.1 Å². The molecule has 26 heavy (non-hydrogen) atoms. The molecule has 1 aliphatic rings. The summed E-state index contributed by atoms with van der Waals surface area (Å²) in [6, 6.07) is 3.87. The lowest BCUT2D eigenvalue weighted by Crippen LogP contribution is -2.44. The van der Waals surface area contributed by atoms with Crippen LogP contribution in [0.15, 0.2) is 29.9 Å². The highest BCUT2D eigenvalue weighted by molar-refractivity contribution is 7.13. The third-order valence-electron chi connectivity index (χ3n) is 3.98. The lowest BCUT2D eigenvalue weighted by molar-refractivity contribution is -0.120. The number of carbonyl (C=O) groups excluding carboxylic acids is 1. The largest absolute Gasteiger partial charge is 0.356 e. The van der Waals surface area contributed by atoms with Crippen LogP contribution in [0.25, 0.3) is 10.6 Å². The van der Waals surface area contributed by atoms with Gasteiger partial charge in [0.2, 0.25) is 5.91 Å². The van der Waals surface area contributed by atoms with Crippen molar-refractivity contribution < 1.29 is 4.79 Å². The van der Waals surface area contributed by atoms with Crippen LogP contribution < -0.4 is 10.6 Å². The molecule has 0 radical (unpaired) electrons. The molecule has 0 spiro atoms. The Hall–Kier alpha value is -1.25. The van der Waals surface area contributed by atoms with Crippen molar-refractivity contribution in [2.45, 2.75) is 12.8 Å². The number of carbonyl (C=O) groups is 1. The maximum atomic E-state index is 12.0. The van der Waals surface area contributed by atoms with Gasteiger partial charge in [0.1, 0.15) is 5.01 Å². The third-order valence-corrected chi connectivity index (χ3v) is 4.92. The Labute approximate surface area is 170 Å². The van der Waals surface area contributed by atoms with Crippen LogP contribution in [-0.4, -0.2) is 60.0 Å². The Morgan fingerprint density at radius 1 is 1.31 bits per heavy atom. The van der Waals surface area contributed by atoms with E-state index >= 15 is 0 Å². The quantitative estimate of drug-likeness (QED) is 0.674. The van der Waals surface area contributed by atoms with Crippen LogP contribution in [-0.2, 0) is 11.2 Å². The summed E-state index contributed by atoms with van der Waals surface area (Å²) in [7, 11) is 0. The van der Waals surface area contributed by atoms with Gasteiger partial charge in [-0.1, -0.05) is 0 Å². The average molecular weight is 418 g/mol. The molecule has 0 aliphatic carbocycles. The zero-order valence-electron chi connectivity index (χ0n) is 14.5. The van der Waals surface area contributed by atoms with Gasteiger partial charge in [0.15, 0.2) is 0 Å². The molecule has 0 atom stereocenters. The van der Waals surface area contributed by atoms with E-state index < -0.39 is 0 Å². The second-order valence-corrected chi connectivity index (χ2v) is 6.72. The maximum Gasteiger partial charge on any atom is 0.226 e. The first-order chi connectivity index (χ1) is 11.8. The van der Waals surface area contributed by atoms with Crippen LogP contribution in [0.2, 0.25) is 0 Å². The smallest absolute Gasteiger partial charge is 0.226 e. The Morgan fingerprint density at radius 2 is 2.12 bits per heavy atom. The van der Waals surface area contributed by atoms with Crippen LogP contribution in [0.4, 0.5) is 0 Å². The Balaban J connectivity index is 0.00000169. The summed E-state index contributed by atoms with van der Waals surface area (Å²) >= 11 is 1.55. The van der Waals surface area contributed by atoms with Crippen molar-refractivity contribution in [2.24, 2.45) is 0 Å². The van der Waals surface area contributed by atoms with E-state index in [1.807, 2.05) is 17.5 Å². The monoisotopic (exact) mass is 417 g/mol. The van der Waals surface area contributed by atoms with E-state index in [1.54, 1.807) is 23.7 Å². The highest BCUT2D eigenvalue weighted by Gasteiger charge is 2.10. The summed E-state index contributed by atoms with van der Waals surface area (Å²) in [6.07, 6.45) is 4.86. The molecule has 1 saturated heterocycles. The highest BCUT2D eigenvalue weighted by atomic mass is 35.5. The molecule has 0 aromatic carbocycles. The van der Waals surface area contributed by atoms with Crippen LogP contribution >= 0.6 is 36.2 Å². The molecule has 144 valence electrons. The normalized spacial score (nSPS) is 14.2. The summed E-state index contributed by atoms with van der Waals surface area (Å²) in [4.78, 5) is 23.1. The van der Waals surface area contributed by atoms with E-state index in [9.17, 15) is 4.79 Å². The van der Waals surface area contributed by atoms with Gasteiger partial charge in [-0.15, -0.1) is 36.2 Å². The minimum atomic E-state index is 0. The minimum Gasteiger partial charge on any atom is -0.356 e. The summed E-state index contributed by atoms with van der Waals surface area (Å²) < 4.78 is 0. The Morgan fingerprint density at radius 3 is 2.85 bits per heavy atom. The van der Waals surface area contributed by atoms with E-state index in [4.69, 9.17) is 0 Å². The molecule has 9 heteroatoms. The lowest BCUT2D eigenvalue weighted by atomic mass is 10.3. The molecule has 1 amide bonds. The summed E-state index contributed by atoms with van der Waals surface area (Å²) in [5, 5.41) is 9.19. The number of aromatic nitrogens is 2. The predicted molar refractivity (Wildman–Crippen MR) is 110 cm³/mol. The van der Waals surface area contributed by atoms with Crippen molar-refractivity contribution in [1.82, 2.24) is 25.5 Å².